The molecule has 32 heavy (non-hydrogen) atoms. The average Bonchev–Trinajstić information content (AvgIpc) is 3.13. The van der Waals surface area contributed by atoms with Crippen molar-refractivity contribution >= 4 is 11.7 Å². The molecule has 0 unspecified atom stereocenters. The van der Waals surface area contributed by atoms with Gasteiger partial charge in [-0.1, -0.05) is 0 Å². The van der Waals surface area contributed by atoms with Crippen LogP contribution >= 0.6 is 0 Å². The van der Waals surface area contributed by atoms with Gasteiger partial charge < -0.3 is 15.0 Å². The molecular weight excluding hydrogens is 408 g/mol. The number of nitrogens with zero attached hydrogens (tertiary/aromatic N) is 7. The molecule has 4 heterocycles. The van der Waals surface area contributed by atoms with Crippen LogP contribution < -0.4 is 10.1 Å². The van der Waals surface area contributed by atoms with Crippen molar-refractivity contribution in [3.8, 4) is 23.1 Å². The van der Waals surface area contributed by atoms with Gasteiger partial charge in [0.05, 0.1) is 19.3 Å². The zero-order valence-corrected chi connectivity index (χ0v) is 18.9. The average molecular weight is 437 g/mol. The number of amides is 1. The summed E-state index contributed by atoms with van der Waals surface area (Å²) in [5.74, 6) is 1.84. The molecule has 0 radical (unpaired) electrons. The zero-order valence-electron chi connectivity index (χ0n) is 18.9. The lowest BCUT2D eigenvalue weighted by Gasteiger charge is -2.31. The van der Waals surface area contributed by atoms with Crippen LogP contribution in [0.5, 0.6) is 5.88 Å². The first-order valence-corrected chi connectivity index (χ1v) is 10.5. The highest BCUT2D eigenvalue weighted by molar-refractivity contribution is 5.91. The molecule has 0 aliphatic carbocycles. The maximum absolute atomic E-state index is 12.7. The Labute approximate surface area is 187 Å². The van der Waals surface area contributed by atoms with Crippen LogP contribution in [0.2, 0.25) is 0 Å². The standard InChI is InChI=1S/C22H28N8O2/c1-15-11-16(2)30(27-15)19-12-18(24-20(31)14-29-9-7-28(3)8-10-29)25-22(26-19)17-5-6-21(32-4)23-13-17/h5-6,11-13H,7-10,14H2,1-4H3,(H,24,25,26,31). The Morgan fingerprint density at radius 1 is 1.12 bits per heavy atom. The zero-order chi connectivity index (χ0) is 22.7. The minimum Gasteiger partial charge on any atom is -0.481 e. The molecule has 1 N–H and O–H groups in total. The number of aromatic nitrogens is 5. The molecule has 0 bridgehead atoms. The third-order valence-electron chi connectivity index (χ3n) is 5.37. The van der Waals surface area contributed by atoms with Gasteiger partial charge >= 0.3 is 0 Å². The molecule has 1 fully saturated rings. The van der Waals surface area contributed by atoms with Crippen molar-refractivity contribution in [3.05, 3.63) is 41.9 Å². The molecule has 0 spiro atoms. The fourth-order valence-corrected chi connectivity index (χ4v) is 3.62. The van der Waals surface area contributed by atoms with Crippen LogP contribution in [0, 0.1) is 13.8 Å². The molecule has 1 amide bonds. The Bertz CT molecular complexity index is 1090. The van der Waals surface area contributed by atoms with Crippen molar-refractivity contribution in [2.24, 2.45) is 0 Å². The summed E-state index contributed by atoms with van der Waals surface area (Å²) in [5.41, 5.74) is 2.54. The number of hydrogen-bond donors (Lipinski definition) is 1. The third kappa shape index (κ3) is 5.09. The molecule has 1 saturated heterocycles. The van der Waals surface area contributed by atoms with Crippen molar-refractivity contribution in [1.29, 1.82) is 0 Å². The smallest absolute Gasteiger partial charge is 0.239 e. The van der Waals surface area contributed by atoms with Crippen molar-refractivity contribution in [2.75, 3.05) is 52.2 Å². The van der Waals surface area contributed by atoms with E-state index in [9.17, 15) is 4.79 Å². The Hall–Kier alpha value is -3.37. The number of carbonyl (C=O) groups is 1. The molecular formula is C22H28N8O2. The van der Waals surface area contributed by atoms with Gasteiger partial charge in [0.15, 0.2) is 11.6 Å². The van der Waals surface area contributed by atoms with Gasteiger partial charge in [-0.05, 0) is 33.0 Å². The maximum Gasteiger partial charge on any atom is 0.239 e. The van der Waals surface area contributed by atoms with Crippen LogP contribution in [0.4, 0.5) is 5.82 Å². The summed E-state index contributed by atoms with van der Waals surface area (Å²) in [5, 5.41) is 7.47. The first kappa shape index (κ1) is 21.8. The van der Waals surface area contributed by atoms with Gasteiger partial charge in [-0.3, -0.25) is 9.69 Å². The number of aryl methyl sites for hydroxylation is 2. The van der Waals surface area contributed by atoms with E-state index in [1.54, 1.807) is 30.1 Å². The maximum atomic E-state index is 12.7. The van der Waals surface area contributed by atoms with Crippen LogP contribution in [-0.2, 0) is 4.79 Å². The Balaban J connectivity index is 1.62. The highest BCUT2D eigenvalue weighted by Gasteiger charge is 2.18. The number of likely N-dealkylation sites (N-methyl/N-ethyl adjacent to an activating group) is 1. The number of piperazine rings is 1. The molecule has 4 rings (SSSR count). The molecule has 0 atom stereocenters. The second-order valence-electron chi connectivity index (χ2n) is 7.99. The molecule has 0 aromatic carbocycles. The number of pyridine rings is 1. The quantitative estimate of drug-likeness (QED) is 0.621. The predicted molar refractivity (Wildman–Crippen MR) is 121 cm³/mol. The van der Waals surface area contributed by atoms with Gasteiger partial charge in [-0.15, -0.1) is 0 Å². The van der Waals surface area contributed by atoms with Gasteiger partial charge in [0, 0.05) is 55.8 Å². The third-order valence-corrected chi connectivity index (χ3v) is 5.37. The van der Waals surface area contributed by atoms with Crippen molar-refractivity contribution in [1.82, 2.24) is 34.5 Å². The van der Waals surface area contributed by atoms with Crippen molar-refractivity contribution in [3.63, 3.8) is 0 Å². The van der Waals surface area contributed by atoms with E-state index in [-0.39, 0.29) is 5.91 Å². The number of anilines is 1. The molecule has 3 aromatic rings. The monoisotopic (exact) mass is 436 g/mol. The van der Waals surface area contributed by atoms with E-state index in [1.165, 1.54) is 0 Å². The first-order valence-electron chi connectivity index (χ1n) is 10.5. The summed E-state index contributed by atoms with van der Waals surface area (Å²) in [6.07, 6.45) is 1.65. The molecule has 3 aromatic heterocycles. The Kier molecular flexibility index (Phi) is 6.42. The fourth-order valence-electron chi connectivity index (χ4n) is 3.62. The first-order chi connectivity index (χ1) is 15.4. The molecule has 1 aliphatic heterocycles. The van der Waals surface area contributed by atoms with E-state index < -0.39 is 0 Å². The number of nitrogens with one attached hydrogen (secondary N) is 1. The van der Waals surface area contributed by atoms with Crippen LogP contribution in [0.1, 0.15) is 11.4 Å². The van der Waals surface area contributed by atoms with Crippen LogP contribution in [0.15, 0.2) is 30.5 Å². The molecule has 0 saturated carbocycles. The topological polar surface area (TPSA) is 101 Å². The normalized spacial score (nSPS) is 15.0. The SMILES string of the molecule is COc1ccc(-c2nc(NC(=O)CN3CCN(C)CC3)cc(-n3nc(C)cc3C)n2)cn1. The summed E-state index contributed by atoms with van der Waals surface area (Å²) >= 11 is 0. The summed E-state index contributed by atoms with van der Waals surface area (Å²) in [6, 6.07) is 7.30. The summed E-state index contributed by atoms with van der Waals surface area (Å²) in [6.45, 7) is 7.86. The lowest BCUT2D eigenvalue weighted by Crippen LogP contribution is -2.47. The van der Waals surface area contributed by atoms with Gasteiger partial charge in [-0.25, -0.2) is 19.6 Å². The molecule has 10 heteroatoms. The van der Waals surface area contributed by atoms with Gasteiger partial charge in [-0.2, -0.15) is 5.10 Å². The van der Waals surface area contributed by atoms with E-state index in [2.05, 4.69) is 42.2 Å². The highest BCUT2D eigenvalue weighted by atomic mass is 16.5. The van der Waals surface area contributed by atoms with E-state index in [1.807, 2.05) is 26.0 Å². The van der Waals surface area contributed by atoms with Crippen LogP contribution in [-0.4, -0.2) is 87.3 Å². The number of rotatable bonds is 6. The number of methoxy groups -OCH3 is 1. The van der Waals surface area contributed by atoms with E-state index in [0.29, 0.717) is 35.4 Å². The van der Waals surface area contributed by atoms with Crippen LogP contribution in [0.3, 0.4) is 0 Å². The van der Waals surface area contributed by atoms with Gasteiger partial charge in [0.1, 0.15) is 5.82 Å². The largest absolute Gasteiger partial charge is 0.481 e. The van der Waals surface area contributed by atoms with Crippen molar-refractivity contribution in [2.45, 2.75) is 13.8 Å². The predicted octanol–water partition coefficient (Wildman–Crippen LogP) is 1.54. The van der Waals surface area contributed by atoms with E-state index in [0.717, 1.165) is 37.6 Å². The van der Waals surface area contributed by atoms with Crippen molar-refractivity contribution < 1.29 is 9.53 Å². The lowest BCUT2D eigenvalue weighted by molar-refractivity contribution is -0.117. The summed E-state index contributed by atoms with van der Waals surface area (Å²) in [7, 11) is 3.66. The van der Waals surface area contributed by atoms with E-state index in [4.69, 9.17) is 4.74 Å². The van der Waals surface area contributed by atoms with Crippen LogP contribution in [0.25, 0.3) is 17.2 Å². The van der Waals surface area contributed by atoms with E-state index >= 15 is 0 Å². The van der Waals surface area contributed by atoms with Gasteiger partial charge in [0.2, 0.25) is 11.8 Å². The Morgan fingerprint density at radius 3 is 2.53 bits per heavy atom. The summed E-state index contributed by atoms with van der Waals surface area (Å²) in [4.78, 5) is 30.6. The molecule has 10 nitrogen and oxygen atoms in total. The number of ether oxygens (including phenoxy) is 1. The molecule has 168 valence electrons. The number of hydrogen-bond acceptors (Lipinski definition) is 8. The highest BCUT2D eigenvalue weighted by Crippen LogP contribution is 2.22. The minimum absolute atomic E-state index is 0.105. The molecule has 1 aliphatic rings. The number of carbonyl (C=O) groups excluding carboxylic acids is 1. The second kappa shape index (κ2) is 9.41. The second-order valence-corrected chi connectivity index (χ2v) is 7.99. The summed E-state index contributed by atoms with van der Waals surface area (Å²) < 4.78 is 6.88. The fraction of sp³-hybridized carbons (Fsp3) is 0.409. The minimum atomic E-state index is -0.105. The van der Waals surface area contributed by atoms with Gasteiger partial charge in [0.25, 0.3) is 0 Å². The Morgan fingerprint density at radius 2 is 1.91 bits per heavy atom. The lowest BCUT2D eigenvalue weighted by atomic mass is 10.2.